The number of pyridine rings is 1. The standard InChI is InChI=1S/C16H21N3O2/c17-13-12(15(20)21)1-2-18-14(13)19-16-6-9-3-10(7-16)5-11(4-9)8-16/h1-2,9-11H,3-8,17H2,(H,18,19)(H,20,21). The highest BCUT2D eigenvalue weighted by molar-refractivity contribution is 5.96. The lowest BCUT2D eigenvalue weighted by atomic mass is 9.53. The van der Waals surface area contributed by atoms with Crippen molar-refractivity contribution < 1.29 is 9.90 Å². The quantitative estimate of drug-likeness (QED) is 0.795. The van der Waals surface area contributed by atoms with Crippen molar-refractivity contribution in [3.05, 3.63) is 17.8 Å². The Hall–Kier alpha value is -1.78. The van der Waals surface area contributed by atoms with E-state index in [-0.39, 0.29) is 16.8 Å². The number of nitrogens with one attached hydrogen (secondary N) is 1. The van der Waals surface area contributed by atoms with Crippen LogP contribution in [0.15, 0.2) is 12.3 Å². The molecule has 0 aliphatic heterocycles. The van der Waals surface area contributed by atoms with Crippen molar-refractivity contribution in [1.82, 2.24) is 4.98 Å². The Balaban J connectivity index is 1.64. The highest BCUT2D eigenvalue weighted by Crippen LogP contribution is 2.56. The minimum Gasteiger partial charge on any atom is -0.478 e. The highest BCUT2D eigenvalue weighted by Gasteiger charge is 2.51. The molecule has 112 valence electrons. The van der Waals surface area contributed by atoms with E-state index >= 15 is 0 Å². The Labute approximate surface area is 123 Å². The number of carbonyl (C=O) groups is 1. The van der Waals surface area contributed by atoms with E-state index in [1.54, 1.807) is 0 Å². The van der Waals surface area contributed by atoms with Gasteiger partial charge in [0.2, 0.25) is 0 Å². The summed E-state index contributed by atoms with van der Waals surface area (Å²) in [6.45, 7) is 0. The fourth-order valence-corrected chi connectivity index (χ4v) is 5.27. The van der Waals surface area contributed by atoms with E-state index in [0.29, 0.717) is 5.82 Å². The molecule has 1 heterocycles. The third kappa shape index (κ3) is 2.06. The van der Waals surface area contributed by atoms with Gasteiger partial charge in [0.25, 0.3) is 0 Å². The second-order valence-corrected chi connectivity index (χ2v) is 7.25. The van der Waals surface area contributed by atoms with Crippen molar-refractivity contribution in [2.24, 2.45) is 17.8 Å². The molecule has 4 fully saturated rings. The third-order valence-corrected chi connectivity index (χ3v) is 5.64. The Morgan fingerprint density at radius 2 is 1.81 bits per heavy atom. The number of nitrogens with zero attached hydrogens (tertiary/aromatic N) is 1. The predicted octanol–water partition coefficient (Wildman–Crippen LogP) is 2.74. The summed E-state index contributed by atoms with van der Waals surface area (Å²) in [5.74, 6) is 2.04. The number of anilines is 2. The lowest BCUT2D eigenvalue weighted by molar-refractivity contribution is 0.0105. The van der Waals surface area contributed by atoms with Crippen molar-refractivity contribution in [3.8, 4) is 0 Å². The molecular formula is C16H21N3O2. The smallest absolute Gasteiger partial charge is 0.337 e. The van der Waals surface area contributed by atoms with Gasteiger partial charge in [0.15, 0.2) is 0 Å². The predicted molar refractivity (Wildman–Crippen MR) is 80.1 cm³/mol. The van der Waals surface area contributed by atoms with Crippen molar-refractivity contribution in [3.63, 3.8) is 0 Å². The number of nitrogen functional groups attached to an aromatic ring is 1. The molecule has 4 saturated carbocycles. The number of hydrogen-bond donors (Lipinski definition) is 3. The van der Waals surface area contributed by atoms with Crippen LogP contribution in [0.2, 0.25) is 0 Å². The molecule has 5 rings (SSSR count). The molecule has 0 unspecified atom stereocenters. The van der Waals surface area contributed by atoms with Gasteiger partial charge in [-0.3, -0.25) is 0 Å². The van der Waals surface area contributed by atoms with E-state index in [0.717, 1.165) is 17.8 Å². The molecule has 0 saturated heterocycles. The molecule has 0 atom stereocenters. The molecule has 0 aromatic carbocycles. The summed E-state index contributed by atoms with van der Waals surface area (Å²) in [4.78, 5) is 15.5. The molecule has 1 aromatic rings. The summed E-state index contributed by atoms with van der Waals surface area (Å²) in [7, 11) is 0. The molecule has 0 spiro atoms. The van der Waals surface area contributed by atoms with Crippen LogP contribution in [0, 0.1) is 17.8 Å². The maximum absolute atomic E-state index is 11.2. The van der Waals surface area contributed by atoms with Gasteiger partial charge in [-0.15, -0.1) is 0 Å². The largest absolute Gasteiger partial charge is 0.478 e. The zero-order chi connectivity index (χ0) is 14.6. The van der Waals surface area contributed by atoms with Crippen LogP contribution in [0.3, 0.4) is 0 Å². The van der Waals surface area contributed by atoms with Gasteiger partial charge in [-0.1, -0.05) is 0 Å². The van der Waals surface area contributed by atoms with Crippen LogP contribution in [-0.4, -0.2) is 21.6 Å². The van der Waals surface area contributed by atoms with Gasteiger partial charge in [0.05, 0.1) is 11.3 Å². The van der Waals surface area contributed by atoms with Gasteiger partial charge in [-0.2, -0.15) is 0 Å². The van der Waals surface area contributed by atoms with Gasteiger partial charge in [-0.25, -0.2) is 9.78 Å². The second-order valence-electron chi connectivity index (χ2n) is 7.25. The molecule has 4 bridgehead atoms. The molecule has 1 aromatic heterocycles. The van der Waals surface area contributed by atoms with Crippen LogP contribution >= 0.6 is 0 Å². The van der Waals surface area contributed by atoms with Gasteiger partial charge in [0.1, 0.15) is 5.82 Å². The van der Waals surface area contributed by atoms with Crippen molar-refractivity contribution in [1.29, 1.82) is 0 Å². The van der Waals surface area contributed by atoms with Crippen LogP contribution in [0.4, 0.5) is 11.5 Å². The van der Waals surface area contributed by atoms with Gasteiger partial charge < -0.3 is 16.2 Å². The Bertz CT molecular complexity index is 564. The van der Waals surface area contributed by atoms with Crippen LogP contribution in [-0.2, 0) is 0 Å². The topological polar surface area (TPSA) is 88.2 Å². The fraction of sp³-hybridized carbons (Fsp3) is 0.625. The lowest BCUT2D eigenvalue weighted by Gasteiger charge is -2.57. The monoisotopic (exact) mass is 287 g/mol. The summed E-state index contributed by atoms with van der Waals surface area (Å²) in [6, 6.07) is 1.46. The fourth-order valence-electron chi connectivity index (χ4n) is 5.27. The number of aromatic carboxylic acids is 1. The van der Waals surface area contributed by atoms with E-state index in [4.69, 9.17) is 5.73 Å². The van der Waals surface area contributed by atoms with E-state index < -0.39 is 5.97 Å². The maximum atomic E-state index is 11.2. The highest BCUT2D eigenvalue weighted by atomic mass is 16.4. The molecule has 21 heavy (non-hydrogen) atoms. The average molecular weight is 287 g/mol. The normalized spacial score (nSPS) is 36.7. The Kier molecular flexibility index (Phi) is 2.68. The summed E-state index contributed by atoms with van der Waals surface area (Å²) in [5.41, 5.74) is 6.50. The van der Waals surface area contributed by atoms with Crippen LogP contribution < -0.4 is 11.1 Å². The minimum atomic E-state index is -0.997. The Morgan fingerprint density at radius 3 is 2.33 bits per heavy atom. The Morgan fingerprint density at radius 1 is 1.24 bits per heavy atom. The SMILES string of the molecule is Nc1c(C(=O)O)ccnc1NC12CC3CC(CC(C3)C1)C2. The molecule has 4 aliphatic rings. The van der Waals surface area contributed by atoms with Crippen LogP contribution in [0.25, 0.3) is 0 Å². The van der Waals surface area contributed by atoms with Crippen LogP contribution in [0.1, 0.15) is 48.9 Å². The summed E-state index contributed by atoms with van der Waals surface area (Å²) >= 11 is 0. The third-order valence-electron chi connectivity index (χ3n) is 5.64. The molecule has 4 aliphatic carbocycles. The van der Waals surface area contributed by atoms with Gasteiger partial charge in [-0.05, 0) is 62.3 Å². The van der Waals surface area contributed by atoms with Crippen LogP contribution in [0.5, 0.6) is 0 Å². The molecule has 0 amide bonds. The average Bonchev–Trinajstić information content (AvgIpc) is 2.39. The lowest BCUT2D eigenvalue weighted by Crippen LogP contribution is -2.55. The second kappa shape index (κ2) is 4.36. The number of rotatable bonds is 3. The summed E-state index contributed by atoms with van der Waals surface area (Å²) in [6.07, 6.45) is 9.19. The molecule has 0 radical (unpaired) electrons. The summed E-state index contributed by atoms with van der Waals surface area (Å²) < 4.78 is 0. The van der Waals surface area contributed by atoms with Gasteiger partial charge >= 0.3 is 5.97 Å². The first-order valence-corrected chi connectivity index (χ1v) is 7.81. The zero-order valence-corrected chi connectivity index (χ0v) is 12.0. The first-order chi connectivity index (χ1) is 10.0. The van der Waals surface area contributed by atoms with E-state index in [1.165, 1.54) is 50.8 Å². The van der Waals surface area contributed by atoms with Crippen molar-refractivity contribution >= 4 is 17.5 Å². The first kappa shape index (κ1) is 12.9. The van der Waals surface area contributed by atoms with E-state index in [9.17, 15) is 9.90 Å². The molecular weight excluding hydrogens is 266 g/mol. The van der Waals surface area contributed by atoms with Crippen molar-refractivity contribution in [2.45, 2.75) is 44.1 Å². The maximum Gasteiger partial charge on any atom is 0.337 e. The molecule has 5 heteroatoms. The number of carboxylic acid groups (broad SMARTS) is 1. The van der Waals surface area contributed by atoms with E-state index in [1.807, 2.05) is 0 Å². The zero-order valence-electron chi connectivity index (χ0n) is 12.0. The van der Waals surface area contributed by atoms with Crippen molar-refractivity contribution in [2.75, 3.05) is 11.1 Å². The number of aromatic nitrogens is 1. The number of hydrogen-bond acceptors (Lipinski definition) is 4. The van der Waals surface area contributed by atoms with Gasteiger partial charge in [0, 0.05) is 11.7 Å². The van der Waals surface area contributed by atoms with E-state index in [2.05, 4.69) is 10.3 Å². The summed E-state index contributed by atoms with van der Waals surface area (Å²) in [5, 5.41) is 12.7. The molecule has 4 N–H and O–H groups in total. The number of nitrogens with two attached hydrogens (primary N) is 1. The minimum absolute atomic E-state index is 0.0903. The molecule has 5 nitrogen and oxygen atoms in total. The first-order valence-electron chi connectivity index (χ1n) is 7.81. The number of carboxylic acids is 1.